The standard InChI is InChI=1S/C27H30IN5O6/c1-15(2)25(34)37-12-19-22(36-11-17-8-6-5-7-9-17)23(38-26(35)16(3)4)27(13-29,39-19)20-10-18(28)21-24(30)31-14-32-33(20)21/h5-10,14-16,19,22-23H,11-12H2,1-4H3,(H2,30,31,32)/t19-,22-,23-,27+/m1/s1. The first-order valence-electron chi connectivity index (χ1n) is 12.5. The maximum absolute atomic E-state index is 13.0. The maximum atomic E-state index is 13.0. The number of benzene rings is 1. The molecule has 1 aliphatic heterocycles. The summed E-state index contributed by atoms with van der Waals surface area (Å²) in [6.45, 7) is 6.74. The van der Waals surface area contributed by atoms with Crippen LogP contribution in [0, 0.1) is 26.7 Å². The third-order valence-electron chi connectivity index (χ3n) is 6.35. The highest BCUT2D eigenvalue weighted by Crippen LogP contribution is 2.45. The highest BCUT2D eigenvalue weighted by atomic mass is 127. The number of ether oxygens (including phenoxy) is 4. The van der Waals surface area contributed by atoms with Crippen LogP contribution in [0.4, 0.5) is 5.82 Å². The Labute approximate surface area is 239 Å². The molecular weight excluding hydrogens is 617 g/mol. The van der Waals surface area contributed by atoms with E-state index in [0.717, 1.165) is 5.56 Å². The summed E-state index contributed by atoms with van der Waals surface area (Å²) in [6, 6.07) is 13.3. The molecule has 206 valence electrons. The second-order valence-electron chi connectivity index (χ2n) is 9.85. The lowest BCUT2D eigenvalue weighted by Crippen LogP contribution is -2.46. The third kappa shape index (κ3) is 5.70. The average molecular weight is 647 g/mol. The number of carbonyl (C=O) groups is 2. The Hall–Kier alpha value is -3.28. The van der Waals surface area contributed by atoms with Crippen molar-refractivity contribution in [3.05, 3.63) is 57.6 Å². The Balaban J connectivity index is 1.83. The number of anilines is 1. The molecule has 1 saturated heterocycles. The fraction of sp³-hybridized carbons (Fsp3) is 0.444. The summed E-state index contributed by atoms with van der Waals surface area (Å²) >= 11 is 2.07. The normalized spacial score (nSPS) is 22.8. The minimum Gasteiger partial charge on any atom is -0.463 e. The molecule has 1 fully saturated rings. The molecule has 4 rings (SSSR count). The van der Waals surface area contributed by atoms with Gasteiger partial charge in [-0.3, -0.25) is 9.59 Å². The van der Waals surface area contributed by atoms with Gasteiger partial charge in [0, 0.05) is 3.57 Å². The molecule has 0 spiro atoms. The van der Waals surface area contributed by atoms with E-state index in [9.17, 15) is 14.9 Å². The number of nitrogen functional groups attached to an aromatic ring is 1. The summed E-state index contributed by atoms with van der Waals surface area (Å²) in [5.74, 6) is -1.63. The number of nitrogens with zero attached hydrogens (tertiary/aromatic N) is 4. The number of fused-ring (bicyclic) bond motifs is 1. The van der Waals surface area contributed by atoms with Gasteiger partial charge in [-0.15, -0.1) is 0 Å². The number of carbonyl (C=O) groups excluding carboxylic acids is 2. The van der Waals surface area contributed by atoms with E-state index < -0.39 is 41.8 Å². The van der Waals surface area contributed by atoms with E-state index >= 15 is 0 Å². The van der Waals surface area contributed by atoms with Crippen LogP contribution in [-0.4, -0.2) is 51.5 Å². The van der Waals surface area contributed by atoms with Crippen molar-refractivity contribution >= 4 is 45.9 Å². The predicted molar refractivity (Wildman–Crippen MR) is 148 cm³/mol. The second-order valence-corrected chi connectivity index (χ2v) is 11.0. The first-order chi connectivity index (χ1) is 18.6. The van der Waals surface area contributed by atoms with Gasteiger partial charge in [0.15, 0.2) is 11.9 Å². The number of rotatable bonds is 9. The number of halogens is 1. The van der Waals surface area contributed by atoms with E-state index in [1.54, 1.807) is 33.8 Å². The van der Waals surface area contributed by atoms with Crippen molar-refractivity contribution in [2.75, 3.05) is 12.3 Å². The Kier molecular flexibility index (Phi) is 8.73. The number of esters is 2. The molecule has 1 aliphatic rings. The van der Waals surface area contributed by atoms with E-state index in [4.69, 9.17) is 24.7 Å². The largest absolute Gasteiger partial charge is 0.463 e. The molecule has 0 aliphatic carbocycles. The van der Waals surface area contributed by atoms with Crippen LogP contribution in [-0.2, 0) is 40.7 Å². The molecule has 3 heterocycles. The van der Waals surface area contributed by atoms with E-state index in [2.05, 4.69) is 38.7 Å². The molecule has 0 amide bonds. The smallest absolute Gasteiger partial charge is 0.308 e. The maximum Gasteiger partial charge on any atom is 0.308 e. The lowest BCUT2D eigenvalue weighted by Gasteiger charge is -2.29. The van der Waals surface area contributed by atoms with Crippen molar-refractivity contribution in [3.63, 3.8) is 0 Å². The Morgan fingerprint density at radius 2 is 1.90 bits per heavy atom. The van der Waals surface area contributed by atoms with Gasteiger partial charge in [-0.05, 0) is 34.2 Å². The summed E-state index contributed by atoms with van der Waals surface area (Å²) in [5.41, 5.74) is 5.88. The van der Waals surface area contributed by atoms with Gasteiger partial charge >= 0.3 is 11.9 Å². The Bertz CT molecular complexity index is 1390. The zero-order valence-electron chi connectivity index (χ0n) is 22.0. The first kappa shape index (κ1) is 28.7. The first-order valence-corrected chi connectivity index (χ1v) is 13.6. The van der Waals surface area contributed by atoms with Gasteiger partial charge in [0.2, 0.25) is 5.60 Å². The van der Waals surface area contributed by atoms with Crippen molar-refractivity contribution in [2.24, 2.45) is 11.8 Å². The van der Waals surface area contributed by atoms with Crippen molar-refractivity contribution < 1.29 is 28.5 Å². The number of hydrogen-bond donors (Lipinski definition) is 1. The lowest BCUT2D eigenvalue weighted by atomic mass is 9.92. The van der Waals surface area contributed by atoms with Crippen LogP contribution in [0.25, 0.3) is 5.52 Å². The molecule has 0 radical (unpaired) electrons. The summed E-state index contributed by atoms with van der Waals surface area (Å²) in [5, 5.41) is 15.0. The highest BCUT2D eigenvalue weighted by molar-refractivity contribution is 14.1. The van der Waals surface area contributed by atoms with Gasteiger partial charge in [0.1, 0.15) is 36.7 Å². The van der Waals surface area contributed by atoms with E-state index in [1.807, 2.05) is 30.3 Å². The second kappa shape index (κ2) is 11.8. The summed E-state index contributed by atoms with van der Waals surface area (Å²) < 4.78 is 26.3. The van der Waals surface area contributed by atoms with E-state index in [0.29, 0.717) is 9.09 Å². The number of aromatic nitrogens is 3. The molecule has 0 saturated carbocycles. The van der Waals surface area contributed by atoms with Crippen molar-refractivity contribution in [1.82, 2.24) is 14.6 Å². The average Bonchev–Trinajstić information content (AvgIpc) is 3.42. The van der Waals surface area contributed by atoms with Crippen LogP contribution >= 0.6 is 22.6 Å². The highest BCUT2D eigenvalue weighted by Gasteiger charge is 2.62. The van der Waals surface area contributed by atoms with Crippen LogP contribution in [0.2, 0.25) is 0 Å². The quantitative estimate of drug-likeness (QED) is 0.270. The molecule has 0 bridgehead atoms. The summed E-state index contributed by atoms with van der Waals surface area (Å²) in [6.07, 6.45) is -1.87. The summed E-state index contributed by atoms with van der Waals surface area (Å²) in [7, 11) is 0. The Morgan fingerprint density at radius 3 is 2.54 bits per heavy atom. The molecule has 0 unspecified atom stereocenters. The van der Waals surface area contributed by atoms with Gasteiger partial charge in [0.05, 0.1) is 24.1 Å². The fourth-order valence-corrected chi connectivity index (χ4v) is 5.07. The number of nitriles is 1. The van der Waals surface area contributed by atoms with E-state index in [-0.39, 0.29) is 30.6 Å². The predicted octanol–water partition coefficient (Wildman–Crippen LogP) is 3.39. The number of hydrogen-bond acceptors (Lipinski definition) is 10. The van der Waals surface area contributed by atoms with Gasteiger partial charge in [-0.25, -0.2) is 9.50 Å². The molecule has 2 N–H and O–H groups in total. The molecule has 11 nitrogen and oxygen atoms in total. The minimum atomic E-state index is -1.87. The molecule has 39 heavy (non-hydrogen) atoms. The minimum absolute atomic E-state index is 0.141. The van der Waals surface area contributed by atoms with Gasteiger partial charge < -0.3 is 24.7 Å². The molecule has 3 aromatic rings. The molecule has 1 aromatic carbocycles. The van der Waals surface area contributed by atoms with E-state index in [1.165, 1.54) is 10.8 Å². The van der Waals surface area contributed by atoms with Gasteiger partial charge in [0.25, 0.3) is 0 Å². The number of nitrogens with two attached hydrogens (primary N) is 1. The lowest BCUT2D eigenvalue weighted by molar-refractivity contribution is -0.166. The zero-order chi connectivity index (χ0) is 28.3. The van der Waals surface area contributed by atoms with Crippen LogP contribution < -0.4 is 5.73 Å². The van der Waals surface area contributed by atoms with Crippen molar-refractivity contribution in [3.8, 4) is 6.07 Å². The topological polar surface area (TPSA) is 151 Å². The third-order valence-corrected chi connectivity index (χ3v) is 7.17. The van der Waals surface area contributed by atoms with Crippen LogP contribution in [0.3, 0.4) is 0 Å². The van der Waals surface area contributed by atoms with Crippen LogP contribution in [0.15, 0.2) is 42.7 Å². The molecule has 2 aromatic heterocycles. The Morgan fingerprint density at radius 1 is 1.21 bits per heavy atom. The molecule has 4 atom stereocenters. The van der Waals surface area contributed by atoms with Crippen molar-refractivity contribution in [1.29, 1.82) is 5.26 Å². The fourth-order valence-electron chi connectivity index (χ4n) is 4.27. The van der Waals surface area contributed by atoms with Crippen LogP contribution in [0.5, 0.6) is 0 Å². The zero-order valence-corrected chi connectivity index (χ0v) is 24.2. The van der Waals surface area contributed by atoms with Crippen molar-refractivity contribution in [2.45, 2.75) is 58.2 Å². The summed E-state index contributed by atoms with van der Waals surface area (Å²) in [4.78, 5) is 29.4. The van der Waals surface area contributed by atoms with Crippen LogP contribution in [0.1, 0.15) is 39.0 Å². The molecular formula is C27H30IN5O6. The monoisotopic (exact) mass is 647 g/mol. The molecule has 12 heteroatoms. The van der Waals surface area contributed by atoms with Gasteiger partial charge in [-0.1, -0.05) is 58.0 Å². The SMILES string of the molecule is CC(C)C(=O)OC[C@H]1O[C@@](C#N)(c2cc(I)c3c(N)ncnn23)[C@H](OC(=O)C(C)C)[C@@H]1OCc1ccccc1. The van der Waals surface area contributed by atoms with Gasteiger partial charge in [-0.2, -0.15) is 10.4 Å².